The number of carbonyl (C=O) groups excluding carboxylic acids is 1. The summed E-state index contributed by atoms with van der Waals surface area (Å²) in [5.41, 5.74) is 1.67. The molecule has 30 heavy (non-hydrogen) atoms. The van der Waals surface area contributed by atoms with E-state index < -0.39 is 10.0 Å². The van der Waals surface area contributed by atoms with Crippen molar-refractivity contribution in [1.29, 1.82) is 0 Å². The Kier molecular flexibility index (Phi) is 8.20. The molecule has 1 atom stereocenters. The van der Waals surface area contributed by atoms with Crippen molar-refractivity contribution in [2.45, 2.75) is 82.6 Å². The van der Waals surface area contributed by atoms with Crippen molar-refractivity contribution in [1.82, 2.24) is 9.29 Å². The summed E-state index contributed by atoms with van der Waals surface area (Å²) in [7, 11) is -3.46. The fourth-order valence-electron chi connectivity index (χ4n) is 3.89. The van der Waals surface area contributed by atoms with Crippen molar-refractivity contribution in [2.75, 3.05) is 6.54 Å². The van der Waals surface area contributed by atoms with E-state index in [2.05, 4.69) is 11.9 Å². The highest BCUT2D eigenvalue weighted by Gasteiger charge is 2.30. The SMILES string of the molecule is CCCCCCC(=O)Cc1nc(-c2ccc(S(=O)(=O)N3CCCCC3C)cc2)cs1. The topological polar surface area (TPSA) is 67.3 Å². The first kappa shape index (κ1) is 23.1. The van der Waals surface area contributed by atoms with Gasteiger partial charge in [0.25, 0.3) is 0 Å². The van der Waals surface area contributed by atoms with Crippen LogP contribution in [0.5, 0.6) is 0 Å². The van der Waals surface area contributed by atoms with Crippen molar-refractivity contribution < 1.29 is 13.2 Å². The molecule has 7 heteroatoms. The van der Waals surface area contributed by atoms with Crippen LogP contribution in [0.25, 0.3) is 11.3 Å². The zero-order chi connectivity index (χ0) is 21.6. The molecule has 0 N–H and O–H groups in total. The number of hydrogen-bond acceptors (Lipinski definition) is 5. The molecule has 164 valence electrons. The number of Topliss-reactive ketones (excluding diaryl/α,β-unsaturated/α-hetero) is 1. The first-order valence-electron chi connectivity index (χ1n) is 11.0. The van der Waals surface area contributed by atoms with Crippen LogP contribution in [-0.2, 0) is 21.2 Å². The quantitative estimate of drug-likeness (QED) is 0.453. The maximum Gasteiger partial charge on any atom is 0.243 e. The molecule has 1 saturated heterocycles. The van der Waals surface area contributed by atoms with E-state index in [0.717, 1.165) is 48.4 Å². The summed E-state index contributed by atoms with van der Waals surface area (Å²) in [6.07, 6.45) is 8.33. The third kappa shape index (κ3) is 5.77. The molecule has 1 aliphatic heterocycles. The summed E-state index contributed by atoms with van der Waals surface area (Å²) in [5.74, 6) is 0.240. The zero-order valence-electron chi connectivity index (χ0n) is 18.0. The molecule has 0 radical (unpaired) electrons. The van der Waals surface area contributed by atoms with Gasteiger partial charge in [0, 0.05) is 30.0 Å². The molecule has 1 unspecified atom stereocenters. The number of hydrogen-bond donors (Lipinski definition) is 0. The standard InChI is InChI=1S/C23H32N2O3S2/c1-3-4-5-6-10-20(26)16-23-24-22(17-29-23)19-11-13-21(14-12-19)30(27,28)25-15-8-7-9-18(25)2/h11-14,17-18H,3-10,15-16H2,1-2H3. The maximum absolute atomic E-state index is 13.0. The molecule has 2 aromatic rings. The van der Waals surface area contributed by atoms with Gasteiger partial charge in [-0.05, 0) is 38.3 Å². The zero-order valence-corrected chi connectivity index (χ0v) is 19.6. The van der Waals surface area contributed by atoms with Crippen LogP contribution in [0.1, 0.15) is 70.2 Å². The lowest BCUT2D eigenvalue weighted by molar-refractivity contribution is -0.118. The molecule has 0 aliphatic carbocycles. The van der Waals surface area contributed by atoms with E-state index in [1.54, 1.807) is 16.4 Å². The van der Waals surface area contributed by atoms with Crippen molar-refractivity contribution in [3.05, 3.63) is 34.7 Å². The fourth-order valence-corrected chi connectivity index (χ4v) is 6.42. The molecule has 0 amide bonds. The van der Waals surface area contributed by atoms with Gasteiger partial charge in [-0.15, -0.1) is 11.3 Å². The van der Waals surface area contributed by atoms with E-state index in [1.807, 2.05) is 24.4 Å². The first-order chi connectivity index (χ1) is 14.4. The predicted octanol–water partition coefficient (Wildman–Crippen LogP) is 5.46. The Morgan fingerprint density at radius 3 is 2.63 bits per heavy atom. The van der Waals surface area contributed by atoms with E-state index >= 15 is 0 Å². The van der Waals surface area contributed by atoms with E-state index in [0.29, 0.717) is 24.3 Å². The molecule has 1 aliphatic rings. The van der Waals surface area contributed by atoms with Crippen LogP contribution < -0.4 is 0 Å². The second-order valence-electron chi connectivity index (χ2n) is 8.14. The molecule has 1 aromatic heterocycles. The minimum atomic E-state index is -3.46. The minimum Gasteiger partial charge on any atom is -0.299 e. The van der Waals surface area contributed by atoms with Gasteiger partial charge in [0.1, 0.15) is 10.8 Å². The first-order valence-corrected chi connectivity index (χ1v) is 13.3. The molecule has 1 aromatic carbocycles. The Balaban J connectivity index is 1.63. The van der Waals surface area contributed by atoms with Gasteiger partial charge in [0.2, 0.25) is 10.0 Å². The summed E-state index contributed by atoms with van der Waals surface area (Å²) < 4.78 is 27.6. The molecule has 0 saturated carbocycles. The average Bonchev–Trinajstić information content (AvgIpc) is 3.20. The summed E-state index contributed by atoms with van der Waals surface area (Å²) >= 11 is 1.49. The smallest absolute Gasteiger partial charge is 0.243 e. The fraction of sp³-hybridized carbons (Fsp3) is 0.565. The van der Waals surface area contributed by atoms with Crippen LogP contribution in [0.2, 0.25) is 0 Å². The van der Waals surface area contributed by atoms with Gasteiger partial charge < -0.3 is 0 Å². The van der Waals surface area contributed by atoms with Gasteiger partial charge >= 0.3 is 0 Å². The van der Waals surface area contributed by atoms with Crippen LogP contribution in [-0.4, -0.2) is 36.1 Å². The number of unbranched alkanes of at least 4 members (excludes halogenated alkanes) is 3. The number of carbonyl (C=O) groups is 1. The summed E-state index contributed by atoms with van der Waals surface area (Å²) in [5, 5.41) is 2.76. The van der Waals surface area contributed by atoms with Crippen LogP contribution in [0.15, 0.2) is 34.5 Å². The monoisotopic (exact) mass is 448 g/mol. The Morgan fingerprint density at radius 2 is 1.93 bits per heavy atom. The number of ketones is 1. The lowest BCUT2D eigenvalue weighted by atomic mass is 10.1. The number of rotatable bonds is 10. The van der Waals surface area contributed by atoms with Gasteiger partial charge in [0.05, 0.1) is 17.0 Å². The highest BCUT2D eigenvalue weighted by Crippen LogP contribution is 2.28. The van der Waals surface area contributed by atoms with E-state index in [1.165, 1.54) is 24.2 Å². The van der Waals surface area contributed by atoms with Crippen LogP contribution in [0.4, 0.5) is 0 Å². The van der Waals surface area contributed by atoms with Crippen LogP contribution in [0.3, 0.4) is 0 Å². The lowest BCUT2D eigenvalue weighted by Crippen LogP contribution is -2.41. The summed E-state index contributed by atoms with van der Waals surface area (Å²) in [6.45, 7) is 4.73. The van der Waals surface area contributed by atoms with E-state index in [4.69, 9.17) is 0 Å². The van der Waals surface area contributed by atoms with Crippen molar-refractivity contribution >= 4 is 27.1 Å². The van der Waals surface area contributed by atoms with Crippen molar-refractivity contribution in [3.8, 4) is 11.3 Å². The highest BCUT2D eigenvalue weighted by atomic mass is 32.2. The molecule has 0 spiro atoms. The van der Waals surface area contributed by atoms with Crippen LogP contribution >= 0.6 is 11.3 Å². The Bertz CT molecular complexity index is 936. The summed E-state index contributed by atoms with van der Waals surface area (Å²) in [4.78, 5) is 17.1. The minimum absolute atomic E-state index is 0.0454. The van der Waals surface area contributed by atoms with Crippen LogP contribution in [0, 0.1) is 0 Å². The van der Waals surface area contributed by atoms with Gasteiger partial charge in [-0.1, -0.05) is 44.7 Å². The van der Waals surface area contributed by atoms with Crippen molar-refractivity contribution in [3.63, 3.8) is 0 Å². The lowest BCUT2D eigenvalue weighted by Gasteiger charge is -2.32. The number of sulfonamides is 1. The molecule has 2 heterocycles. The van der Waals surface area contributed by atoms with Gasteiger partial charge in [-0.2, -0.15) is 4.31 Å². The van der Waals surface area contributed by atoms with E-state index in [9.17, 15) is 13.2 Å². The highest BCUT2D eigenvalue weighted by molar-refractivity contribution is 7.89. The van der Waals surface area contributed by atoms with Gasteiger partial charge in [-0.25, -0.2) is 13.4 Å². The number of nitrogens with zero attached hydrogens (tertiary/aromatic N) is 2. The Hall–Kier alpha value is -1.57. The largest absolute Gasteiger partial charge is 0.299 e. The third-order valence-electron chi connectivity index (χ3n) is 5.71. The Labute approximate surface area is 184 Å². The molecule has 0 bridgehead atoms. The second-order valence-corrected chi connectivity index (χ2v) is 11.0. The second kappa shape index (κ2) is 10.6. The molecule has 3 rings (SSSR count). The third-order valence-corrected chi connectivity index (χ3v) is 8.58. The number of thiazole rings is 1. The number of aromatic nitrogens is 1. The van der Waals surface area contributed by atoms with Gasteiger partial charge in [-0.3, -0.25) is 4.79 Å². The number of benzene rings is 1. The maximum atomic E-state index is 13.0. The molecular weight excluding hydrogens is 416 g/mol. The molecule has 5 nitrogen and oxygen atoms in total. The summed E-state index contributed by atoms with van der Waals surface area (Å²) in [6, 6.07) is 7.01. The molecular formula is C23H32N2O3S2. The average molecular weight is 449 g/mol. The number of piperidine rings is 1. The molecule has 1 fully saturated rings. The van der Waals surface area contributed by atoms with Gasteiger partial charge in [0.15, 0.2) is 0 Å². The van der Waals surface area contributed by atoms with Crippen molar-refractivity contribution in [2.24, 2.45) is 0 Å². The Morgan fingerprint density at radius 1 is 1.17 bits per heavy atom. The predicted molar refractivity (Wildman–Crippen MR) is 122 cm³/mol. The normalized spacial score (nSPS) is 17.9. The van der Waals surface area contributed by atoms with E-state index in [-0.39, 0.29) is 11.8 Å².